The van der Waals surface area contributed by atoms with E-state index < -0.39 is 0 Å². The minimum Gasteiger partial charge on any atom is -0.412 e. The highest BCUT2D eigenvalue weighted by Crippen LogP contribution is 2.22. The minimum absolute atomic E-state index is 0. The predicted octanol–water partition coefficient (Wildman–Crippen LogP) is 4.98. The molecule has 0 heterocycles. The summed E-state index contributed by atoms with van der Waals surface area (Å²) in [7, 11) is 0. The van der Waals surface area contributed by atoms with E-state index in [1.54, 1.807) is 0 Å². The van der Waals surface area contributed by atoms with Crippen molar-refractivity contribution in [2.75, 3.05) is 0 Å². The van der Waals surface area contributed by atoms with Gasteiger partial charge in [-0.25, -0.2) is 0 Å². The molecular formula is C15H34O. The van der Waals surface area contributed by atoms with E-state index in [0.29, 0.717) is 0 Å². The third-order valence-electron chi connectivity index (χ3n) is 4.04. The second kappa shape index (κ2) is 10.1. The lowest BCUT2D eigenvalue weighted by molar-refractivity contribution is 0.385. The van der Waals surface area contributed by atoms with Gasteiger partial charge in [0.1, 0.15) is 0 Å². The molecule has 16 heavy (non-hydrogen) atoms. The summed E-state index contributed by atoms with van der Waals surface area (Å²) in [5, 5.41) is 0. The van der Waals surface area contributed by atoms with Crippen LogP contribution in [0.2, 0.25) is 0 Å². The van der Waals surface area contributed by atoms with Crippen molar-refractivity contribution in [2.45, 2.75) is 84.5 Å². The third-order valence-corrected chi connectivity index (χ3v) is 4.04. The number of rotatable bonds is 0. The zero-order chi connectivity index (χ0) is 10.9. The molecule has 2 N–H and O–H groups in total. The topological polar surface area (TPSA) is 31.5 Å². The van der Waals surface area contributed by atoms with E-state index in [9.17, 15) is 0 Å². The first kappa shape index (κ1) is 16.0. The molecule has 0 aromatic heterocycles. The molecule has 2 aliphatic carbocycles. The van der Waals surface area contributed by atoms with Gasteiger partial charge in [-0.15, -0.1) is 0 Å². The Hall–Kier alpha value is -0.0400. The Labute approximate surface area is 104 Å². The van der Waals surface area contributed by atoms with Crippen LogP contribution in [0.25, 0.3) is 0 Å². The van der Waals surface area contributed by atoms with E-state index in [4.69, 9.17) is 0 Å². The quantitative estimate of drug-likeness (QED) is 0.525. The van der Waals surface area contributed by atoms with Gasteiger partial charge in [0, 0.05) is 1.43 Å². The lowest BCUT2D eigenvalue weighted by atomic mass is 9.91. The molecule has 0 aliphatic heterocycles. The van der Waals surface area contributed by atoms with Crippen LogP contribution in [0.5, 0.6) is 0 Å². The van der Waals surface area contributed by atoms with Gasteiger partial charge in [-0.2, -0.15) is 0 Å². The fraction of sp³-hybridized carbons (Fsp3) is 1.00. The molecule has 0 spiro atoms. The van der Waals surface area contributed by atoms with Gasteiger partial charge in [-0.3, -0.25) is 0 Å². The van der Waals surface area contributed by atoms with Crippen molar-refractivity contribution < 1.29 is 6.90 Å². The summed E-state index contributed by atoms with van der Waals surface area (Å²) in [6.07, 6.45) is 16.4. The standard InChI is InChI=1S/C8H16.C7H14.H2O.H2/c1-8-6-4-2-3-5-7-8;1-7-5-3-2-4-6-7;;/h8H,2-7H2,1H3;7H,2-6H2,1H3;1H2;1H. The van der Waals surface area contributed by atoms with Crippen LogP contribution in [0.1, 0.15) is 85.9 Å². The number of hydrogen-bond donors (Lipinski definition) is 0. The molecule has 0 saturated heterocycles. The summed E-state index contributed by atoms with van der Waals surface area (Å²) >= 11 is 0. The highest BCUT2D eigenvalue weighted by atomic mass is 16.0. The Kier molecular flexibility index (Phi) is 10.1. The van der Waals surface area contributed by atoms with Gasteiger partial charge in [-0.05, 0) is 11.8 Å². The summed E-state index contributed by atoms with van der Waals surface area (Å²) in [5.74, 6) is 2.06. The molecule has 2 aliphatic rings. The summed E-state index contributed by atoms with van der Waals surface area (Å²) < 4.78 is 0. The summed E-state index contributed by atoms with van der Waals surface area (Å²) in [4.78, 5) is 0. The first-order valence-corrected chi connectivity index (χ1v) is 7.29. The molecule has 0 atom stereocenters. The molecule has 0 aromatic carbocycles. The molecular weight excluding hydrogens is 196 g/mol. The second-order valence-corrected chi connectivity index (χ2v) is 5.84. The molecule has 2 rings (SSSR count). The largest absolute Gasteiger partial charge is 0.412 e. The lowest BCUT2D eigenvalue weighted by Gasteiger charge is -2.15. The molecule has 0 radical (unpaired) electrons. The fourth-order valence-electron chi connectivity index (χ4n) is 2.79. The van der Waals surface area contributed by atoms with E-state index >= 15 is 0 Å². The Morgan fingerprint density at radius 3 is 1.12 bits per heavy atom. The normalized spacial score (nSPS) is 23.6. The minimum atomic E-state index is 0. The van der Waals surface area contributed by atoms with Crippen molar-refractivity contribution in [1.82, 2.24) is 0 Å². The highest BCUT2D eigenvalue weighted by molar-refractivity contribution is 4.60. The summed E-state index contributed by atoms with van der Waals surface area (Å²) in [6, 6.07) is 0. The molecule has 100 valence electrons. The van der Waals surface area contributed by atoms with Gasteiger partial charge >= 0.3 is 0 Å². The van der Waals surface area contributed by atoms with Crippen LogP contribution < -0.4 is 0 Å². The van der Waals surface area contributed by atoms with Crippen LogP contribution in [0.3, 0.4) is 0 Å². The maximum atomic E-state index is 2.38. The van der Waals surface area contributed by atoms with Crippen LogP contribution in [0.15, 0.2) is 0 Å². The summed E-state index contributed by atoms with van der Waals surface area (Å²) in [5.41, 5.74) is 0. The van der Waals surface area contributed by atoms with Gasteiger partial charge < -0.3 is 5.48 Å². The van der Waals surface area contributed by atoms with Crippen molar-refractivity contribution in [3.05, 3.63) is 0 Å². The first-order valence-electron chi connectivity index (χ1n) is 7.29. The van der Waals surface area contributed by atoms with Crippen molar-refractivity contribution in [1.29, 1.82) is 0 Å². The van der Waals surface area contributed by atoms with Crippen LogP contribution >= 0.6 is 0 Å². The Morgan fingerprint density at radius 1 is 0.562 bits per heavy atom. The maximum absolute atomic E-state index is 2.38. The molecule has 0 amide bonds. The Morgan fingerprint density at radius 2 is 0.812 bits per heavy atom. The fourth-order valence-corrected chi connectivity index (χ4v) is 2.79. The van der Waals surface area contributed by atoms with Crippen molar-refractivity contribution in [3.63, 3.8) is 0 Å². The highest BCUT2D eigenvalue weighted by Gasteiger charge is 2.06. The molecule has 0 bridgehead atoms. The van der Waals surface area contributed by atoms with E-state index in [1.807, 2.05) is 0 Å². The zero-order valence-electron chi connectivity index (χ0n) is 11.4. The van der Waals surface area contributed by atoms with E-state index in [2.05, 4.69) is 13.8 Å². The third kappa shape index (κ3) is 8.15. The molecule has 0 aromatic rings. The molecule has 0 unspecified atom stereocenters. The second-order valence-electron chi connectivity index (χ2n) is 5.84. The molecule has 1 heteroatoms. The van der Waals surface area contributed by atoms with Crippen molar-refractivity contribution in [3.8, 4) is 0 Å². The lowest BCUT2D eigenvalue weighted by Crippen LogP contribution is -1.99. The average Bonchev–Trinajstić information content (AvgIpc) is 2.48. The maximum Gasteiger partial charge on any atom is 0 e. The van der Waals surface area contributed by atoms with Gasteiger partial charge in [0.15, 0.2) is 0 Å². The SMILES string of the molecule is CC1CCCCC1.CC1CCCCCC1.O.[HH]. The monoisotopic (exact) mass is 230 g/mol. The van der Waals surface area contributed by atoms with E-state index in [0.717, 1.165) is 11.8 Å². The van der Waals surface area contributed by atoms with Crippen LogP contribution in [-0.4, -0.2) is 5.48 Å². The van der Waals surface area contributed by atoms with E-state index in [1.165, 1.54) is 70.6 Å². The average molecular weight is 230 g/mol. The van der Waals surface area contributed by atoms with Crippen LogP contribution in [0, 0.1) is 11.8 Å². The van der Waals surface area contributed by atoms with Crippen LogP contribution in [0.4, 0.5) is 0 Å². The van der Waals surface area contributed by atoms with Gasteiger partial charge in [0.25, 0.3) is 0 Å². The number of hydrogen-bond acceptors (Lipinski definition) is 0. The Balaban J connectivity index is 0. The molecule has 2 saturated carbocycles. The molecule has 1 nitrogen and oxygen atoms in total. The molecule has 2 fully saturated rings. The van der Waals surface area contributed by atoms with Crippen molar-refractivity contribution >= 4 is 0 Å². The van der Waals surface area contributed by atoms with Gasteiger partial charge in [-0.1, -0.05) is 84.5 Å². The smallest absolute Gasteiger partial charge is 0 e. The summed E-state index contributed by atoms with van der Waals surface area (Å²) in [6.45, 7) is 4.74. The van der Waals surface area contributed by atoms with Crippen molar-refractivity contribution in [2.24, 2.45) is 11.8 Å². The van der Waals surface area contributed by atoms with E-state index in [-0.39, 0.29) is 6.90 Å². The van der Waals surface area contributed by atoms with Crippen LogP contribution in [-0.2, 0) is 0 Å². The van der Waals surface area contributed by atoms with Gasteiger partial charge in [0.2, 0.25) is 0 Å². The van der Waals surface area contributed by atoms with Gasteiger partial charge in [0.05, 0.1) is 0 Å². The predicted molar refractivity (Wildman–Crippen MR) is 74.8 cm³/mol. The Bertz CT molecular complexity index is 136. The first-order chi connectivity index (χ1) is 7.29. The zero-order valence-corrected chi connectivity index (χ0v) is 11.4.